The van der Waals surface area contributed by atoms with Gasteiger partial charge in [-0.15, -0.1) is 0 Å². The first-order valence-corrected chi connectivity index (χ1v) is 11.8. The third-order valence-electron chi connectivity index (χ3n) is 6.64. The monoisotopic (exact) mass is 448 g/mol. The molecule has 0 bridgehead atoms. The number of hydrogen-bond donors (Lipinski definition) is 1. The van der Waals surface area contributed by atoms with Crippen LogP contribution in [0.15, 0.2) is 30.7 Å². The van der Waals surface area contributed by atoms with Gasteiger partial charge in [0.15, 0.2) is 0 Å². The molecule has 0 spiro atoms. The van der Waals surface area contributed by atoms with E-state index in [2.05, 4.69) is 42.3 Å². The van der Waals surface area contributed by atoms with Crippen molar-refractivity contribution in [3.05, 3.63) is 36.3 Å². The molecule has 1 saturated heterocycles. The maximum atomic E-state index is 6.52. The summed E-state index contributed by atoms with van der Waals surface area (Å²) in [5.41, 5.74) is 3.89. The molecular weight excluding hydrogens is 420 g/mol. The van der Waals surface area contributed by atoms with Gasteiger partial charge in [-0.1, -0.05) is 0 Å². The van der Waals surface area contributed by atoms with E-state index >= 15 is 0 Å². The molecule has 172 valence electrons. The minimum absolute atomic E-state index is 0.150. The van der Waals surface area contributed by atoms with Crippen molar-refractivity contribution >= 4 is 22.7 Å². The Morgan fingerprint density at radius 1 is 0.970 bits per heavy atom. The number of rotatable bonds is 5. The van der Waals surface area contributed by atoms with E-state index in [0.29, 0.717) is 18.6 Å². The zero-order valence-electron chi connectivity index (χ0n) is 18.6. The molecule has 33 heavy (non-hydrogen) atoms. The van der Waals surface area contributed by atoms with Crippen LogP contribution in [0.5, 0.6) is 11.6 Å². The Morgan fingerprint density at radius 2 is 1.82 bits per heavy atom. The van der Waals surface area contributed by atoms with Gasteiger partial charge in [-0.3, -0.25) is 4.98 Å². The molecule has 0 amide bonds. The summed E-state index contributed by atoms with van der Waals surface area (Å²) in [7, 11) is 0. The highest BCUT2D eigenvalue weighted by Gasteiger charge is 2.25. The average molecular weight is 449 g/mol. The topological polar surface area (TPSA) is 94.5 Å². The van der Waals surface area contributed by atoms with Crippen molar-refractivity contribution in [1.29, 1.82) is 0 Å². The highest BCUT2D eigenvalue weighted by molar-refractivity contribution is 5.85. The molecule has 9 heteroatoms. The van der Waals surface area contributed by atoms with Crippen LogP contribution in [0.1, 0.15) is 31.2 Å². The largest absolute Gasteiger partial charge is 0.488 e. The zero-order valence-corrected chi connectivity index (χ0v) is 18.6. The van der Waals surface area contributed by atoms with Crippen LogP contribution < -0.4 is 19.7 Å². The molecule has 0 radical (unpaired) electrons. The summed E-state index contributed by atoms with van der Waals surface area (Å²) in [5.74, 6) is 2.19. The number of aromatic nitrogens is 4. The van der Waals surface area contributed by atoms with E-state index in [1.165, 1.54) is 0 Å². The number of nitrogens with zero attached hydrogens (tertiary/aromatic N) is 5. The van der Waals surface area contributed by atoms with Crippen LogP contribution in [-0.4, -0.2) is 65.0 Å². The molecule has 6 rings (SSSR count). The van der Waals surface area contributed by atoms with Gasteiger partial charge >= 0.3 is 0 Å². The molecule has 0 atom stereocenters. The molecule has 2 aliphatic heterocycles. The predicted molar refractivity (Wildman–Crippen MR) is 124 cm³/mol. The van der Waals surface area contributed by atoms with Crippen molar-refractivity contribution in [2.75, 3.05) is 43.1 Å². The number of anilines is 2. The lowest BCUT2D eigenvalue weighted by atomic mass is 9.93. The van der Waals surface area contributed by atoms with E-state index in [1.54, 1.807) is 12.4 Å². The smallest absolute Gasteiger partial charge is 0.226 e. The summed E-state index contributed by atoms with van der Waals surface area (Å²) in [4.78, 5) is 20.4. The van der Waals surface area contributed by atoms with E-state index < -0.39 is 0 Å². The number of fused-ring (bicyclic) bond motifs is 2. The van der Waals surface area contributed by atoms with Crippen LogP contribution in [0.4, 0.5) is 11.6 Å². The molecule has 1 saturated carbocycles. The summed E-state index contributed by atoms with van der Waals surface area (Å²) in [6.45, 7) is 3.93. The van der Waals surface area contributed by atoms with Crippen LogP contribution >= 0.6 is 0 Å². The van der Waals surface area contributed by atoms with Crippen LogP contribution in [0, 0.1) is 0 Å². The van der Waals surface area contributed by atoms with Gasteiger partial charge in [0.05, 0.1) is 31.4 Å². The van der Waals surface area contributed by atoms with Crippen LogP contribution in [0.3, 0.4) is 0 Å². The van der Waals surface area contributed by atoms with E-state index in [9.17, 15) is 0 Å². The zero-order chi connectivity index (χ0) is 22.0. The molecule has 2 aromatic heterocycles. The molecule has 3 aromatic rings. The fourth-order valence-corrected chi connectivity index (χ4v) is 4.82. The normalized spacial score (nSPS) is 22.6. The quantitative estimate of drug-likeness (QED) is 0.632. The number of ether oxygens (including phenoxy) is 3. The van der Waals surface area contributed by atoms with Crippen molar-refractivity contribution in [3.8, 4) is 11.6 Å². The molecule has 9 nitrogen and oxygen atoms in total. The highest BCUT2D eigenvalue weighted by Crippen LogP contribution is 2.33. The van der Waals surface area contributed by atoms with Crippen molar-refractivity contribution in [3.63, 3.8) is 0 Å². The number of hydrogen-bond acceptors (Lipinski definition) is 9. The van der Waals surface area contributed by atoms with Gasteiger partial charge < -0.3 is 24.4 Å². The van der Waals surface area contributed by atoms with E-state index in [1.807, 2.05) is 6.20 Å². The number of nitrogens with one attached hydrogen (secondary N) is 1. The Hall–Kier alpha value is -3.20. The van der Waals surface area contributed by atoms with Gasteiger partial charge in [0.25, 0.3) is 0 Å². The summed E-state index contributed by atoms with van der Waals surface area (Å²) in [6, 6.07) is 4.55. The number of benzene rings is 1. The van der Waals surface area contributed by atoms with Gasteiger partial charge in [0.1, 0.15) is 11.3 Å². The lowest BCUT2D eigenvalue weighted by molar-refractivity contribution is 0.122. The Balaban J connectivity index is 1.13. The summed E-state index contributed by atoms with van der Waals surface area (Å²) in [5, 5.41) is 3.48. The Labute approximate surface area is 192 Å². The fraction of sp³-hybridized carbons (Fsp3) is 0.500. The SMILES string of the molecule is c1cnc2c(OC3CCC(Nc4ncc5c(n4)OCC5)CC3)cc(N3CCOCC3)cc2n1. The summed E-state index contributed by atoms with van der Waals surface area (Å²) in [6.07, 6.45) is 10.3. The first kappa shape index (κ1) is 20.4. The van der Waals surface area contributed by atoms with Crippen molar-refractivity contribution < 1.29 is 14.2 Å². The number of morpholine rings is 1. The first-order valence-electron chi connectivity index (χ1n) is 11.8. The summed E-state index contributed by atoms with van der Waals surface area (Å²) >= 11 is 0. The molecule has 0 unspecified atom stereocenters. The van der Waals surface area contributed by atoms with Crippen LogP contribution in [-0.2, 0) is 11.2 Å². The second-order valence-corrected chi connectivity index (χ2v) is 8.83. The minimum Gasteiger partial charge on any atom is -0.488 e. The second-order valence-electron chi connectivity index (χ2n) is 8.83. The van der Waals surface area contributed by atoms with Gasteiger partial charge in [-0.05, 0) is 31.7 Å². The first-order chi connectivity index (χ1) is 16.3. The molecular formula is C24H28N6O3. The average Bonchev–Trinajstić information content (AvgIpc) is 3.34. The second kappa shape index (κ2) is 8.97. The van der Waals surface area contributed by atoms with E-state index in [0.717, 1.165) is 92.3 Å². The lowest BCUT2D eigenvalue weighted by Gasteiger charge is -2.31. The third kappa shape index (κ3) is 4.37. The van der Waals surface area contributed by atoms with Gasteiger partial charge in [-0.2, -0.15) is 4.98 Å². The Kier molecular flexibility index (Phi) is 5.55. The molecule has 3 aliphatic rings. The Bertz CT molecular complexity index is 1130. The molecule has 1 aliphatic carbocycles. The standard InChI is InChI=1S/C24H28N6O3/c1-3-19(4-2-17(1)28-24-27-15-16-5-10-32-23(16)29-24)33-21-14-18(30-8-11-31-12-9-30)13-20-22(21)26-7-6-25-20/h6-7,13-15,17,19H,1-5,8-12H2,(H,27,28,29). The maximum Gasteiger partial charge on any atom is 0.226 e. The van der Waals surface area contributed by atoms with E-state index in [-0.39, 0.29) is 6.10 Å². The van der Waals surface area contributed by atoms with Crippen molar-refractivity contribution in [2.45, 2.75) is 44.2 Å². The van der Waals surface area contributed by atoms with E-state index in [4.69, 9.17) is 14.2 Å². The fourth-order valence-electron chi connectivity index (χ4n) is 4.82. The van der Waals surface area contributed by atoms with Crippen molar-refractivity contribution in [2.24, 2.45) is 0 Å². The van der Waals surface area contributed by atoms with Crippen LogP contribution in [0.25, 0.3) is 11.0 Å². The van der Waals surface area contributed by atoms with Crippen molar-refractivity contribution in [1.82, 2.24) is 19.9 Å². The third-order valence-corrected chi connectivity index (χ3v) is 6.64. The molecule has 2 fully saturated rings. The molecule has 4 heterocycles. The maximum absolute atomic E-state index is 6.52. The minimum atomic E-state index is 0.150. The molecule has 1 aromatic carbocycles. The van der Waals surface area contributed by atoms with Crippen LogP contribution in [0.2, 0.25) is 0 Å². The van der Waals surface area contributed by atoms with Gasteiger partial charge in [-0.25, -0.2) is 9.97 Å². The predicted octanol–water partition coefficient (Wildman–Crippen LogP) is 2.99. The lowest BCUT2D eigenvalue weighted by Crippen LogP contribution is -2.36. The Morgan fingerprint density at radius 3 is 2.70 bits per heavy atom. The molecule has 1 N–H and O–H groups in total. The van der Waals surface area contributed by atoms with Gasteiger partial charge in [0.2, 0.25) is 11.8 Å². The highest BCUT2D eigenvalue weighted by atomic mass is 16.5. The summed E-state index contributed by atoms with van der Waals surface area (Å²) < 4.78 is 17.6. The van der Waals surface area contributed by atoms with Gasteiger partial charge in [0, 0.05) is 61.5 Å².